The van der Waals surface area contributed by atoms with E-state index in [1.54, 1.807) is 24.3 Å². The van der Waals surface area contributed by atoms with Crippen LogP contribution in [0.2, 0.25) is 0 Å². The number of anilines is 1. The van der Waals surface area contributed by atoms with Gasteiger partial charge in [0.1, 0.15) is 0 Å². The van der Waals surface area contributed by atoms with E-state index in [1.165, 1.54) is 56.9 Å². The molecule has 7 nitrogen and oxygen atoms in total. The number of hydrogen-bond donors (Lipinski definition) is 2. The molecule has 44 heavy (non-hydrogen) atoms. The molecule has 0 aromatic heterocycles. The summed E-state index contributed by atoms with van der Waals surface area (Å²) >= 11 is 0. The number of aliphatic carboxylic acids is 1. The van der Waals surface area contributed by atoms with Crippen LogP contribution in [0.4, 0.5) is 5.69 Å². The number of carboxylic acid groups (broad SMARTS) is 1. The first-order valence-electron chi connectivity index (χ1n) is 16.0. The van der Waals surface area contributed by atoms with E-state index in [0.717, 1.165) is 24.3 Å². The summed E-state index contributed by atoms with van der Waals surface area (Å²) in [6.07, 6.45) is 9.63. The molecule has 2 N–H and O–H groups in total. The number of ketones is 2. The highest BCUT2D eigenvalue weighted by molar-refractivity contribution is 6.06. The first kappa shape index (κ1) is 31.2. The minimum Gasteiger partial charge on any atom is -0.481 e. The van der Waals surface area contributed by atoms with Crippen LogP contribution in [-0.2, 0) is 4.79 Å². The lowest BCUT2D eigenvalue weighted by Crippen LogP contribution is -2.29. The Morgan fingerprint density at radius 1 is 0.727 bits per heavy atom. The van der Waals surface area contributed by atoms with E-state index in [-0.39, 0.29) is 31.0 Å². The molecule has 5 rings (SSSR count). The van der Waals surface area contributed by atoms with Gasteiger partial charge in [0.2, 0.25) is 0 Å². The van der Waals surface area contributed by atoms with Gasteiger partial charge in [-0.1, -0.05) is 55.7 Å². The summed E-state index contributed by atoms with van der Waals surface area (Å²) in [4.78, 5) is 53.1. The summed E-state index contributed by atoms with van der Waals surface area (Å²) in [5, 5.41) is 11.4. The summed E-state index contributed by atoms with van der Waals surface area (Å²) in [6, 6.07) is 22.3. The van der Waals surface area contributed by atoms with Gasteiger partial charge in [0.15, 0.2) is 11.6 Å². The Kier molecular flexibility index (Phi) is 10.6. The summed E-state index contributed by atoms with van der Waals surface area (Å²) < 4.78 is 0. The lowest BCUT2D eigenvalue weighted by molar-refractivity contribution is -0.136. The van der Waals surface area contributed by atoms with Crippen LogP contribution in [0.1, 0.15) is 118 Å². The molecule has 1 saturated carbocycles. The van der Waals surface area contributed by atoms with Gasteiger partial charge in [0.05, 0.1) is 12.3 Å². The molecule has 1 aliphatic heterocycles. The summed E-state index contributed by atoms with van der Waals surface area (Å²) in [5.41, 5.74) is 4.57. The minimum atomic E-state index is -0.989. The van der Waals surface area contributed by atoms with Gasteiger partial charge in [-0.25, -0.2) is 0 Å². The molecule has 1 atom stereocenters. The van der Waals surface area contributed by atoms with E-state index in [0.29, 0.717) is 22.6 Å². The number of nitrogens with one attached hydrogen (secondary N) is 1. The molecule has 3 aromatic rings. The van der Waals surface area contributed by atoms with Crippen LogP contribution in [-0.4, -0.2) is 48.2 Å². The molecule has 1 heterocycles. The number of nitrogens with zero attached hydrogens (tertiary/aromatic N) is 1. The van der Waals surface area contributed by atoms with Crippen LogP contribution in [0, 0.1) is 0 Å². The quantitative estimate of drug-likeness (QED) is 0.216. The largest absolute Gasteiger partial charge is 0.481 e. The molecule has 1 unspecified atom stereocenters. The zero-order valence-corrected chi connectivity index (χ0v) is 25.3. The first-order chi connectivity index (χ1) is 21.4. The molecule has 1 saturated heterocycles. The fraction of sp³-hybridized carbons (Fsp3) is 0.405. The molecule has 7 heteroatoms. The van der Waals surface area contributed by atoms with Crippen molar-refractivity contribution >= 4 is 29.1 Å². The van der Waals surface area contributed by atoms with Crippen molar-refractivity contribution in [1.29, 1.82) is 0 Å². The summed E-state index contributed by atoms with van der Waals surface area (Å²) in [5.74, 6) is -1.77. The van der Waals surface area contributed by atoms with E-state index in [4.69, 9.17) is 5.11 Å². The van der Waals surface area contributed by atoms with E-state index < -0.39 is 17.8 Å². The van der Waals surface area contributed by atoms with Crippen molar-refractivity contribution in [2.45, 2.75) is 76.0 Å². The van der Waals surface area contributed by atoms with E-state index >= 15 is 0 Å². The number of carbonyl (C=O) groups excluding carboxylic acids is 3. The van der Waals surface area contributed by atoms with E-state index in [9.17, 15) is 19.2 Å². The number of Topliss-reactive ketones (excluding diaryl/α,β-unsaturated/α-hetero) is 2. The third-order valence-corrected chi connectivity index (χ3v) is 9.09. The monoisotopic (exact) mass is 594 g/mol. The van der Waals surface area contributed by atoms with Gasteiger partial charge in [-0.2, -0.15) is 0 Å². The van der Waals surface area contributed by atoms with Crippen molar-refractivity contribution in [3.63, 3.8) is 0 Å². The van der Waals surface area contributed by atoms with E-state index in [1.807, 2.05) is 36.4 Å². The third-order valence-electron chi connectivity index (χ3n) is 9.09. The molecule has 1 aliphatic carbocycles. The average molecular weight is 595 g/mol. The van der Waals surface area contributed by atoms with Crippen LogP contribution in [0.15, 0.2) is 72.8 Å². The maximum Gasteiger partial charge on any atom is 0.305 e. The second-order valence-corrected chi connectivity index (χ2v) is 12.1. The Labute approximate surface area is 259 Å². The highest BCUT2D eigenvalue weighted by Gasteiger charge is 2.27. The first-order valence-corrected chi connectivity index (χ1v) is 16.0. The van der Waals surface area contributed by atoms with Crippen molar-refractivity contribution in [3.8, 4) is 0 Å². The highest BCUT2D eigenvalue weighted by atomic mass is 16.4. The zero-order chi connectivity index (χ0) is 30.9. The van der Waals surface area contributed by atoms with E-state index in [2.05, 4.69) is 22.3 Å². The minimum absolute atomic E-state index is 0.0227. The topological polar surface area (TPSA) is 104 Å². The molecular weight excluding hydrogens is 552 g/mol. The van der Waals surface area contributed by atoms with Gasteiger partial charge < -0.3 is 15.3 Å². The lowest BCUT2D eigenvalue weighted by Gasteiger charge is -2.28. The predicted molar refractivity (Wildman–Crippen MR) is 172 cm³/mol. The third kappa shape index (κ3) is 8.01. The summed E-state index contributed by atoms with van der Waals surface area (Å²) in [6.45, 7) is 2.09. The van der Waals surface area contributed by atoms with Crippen molar-refractivity contribution in [1.82, 2.24) is 5.32 Å². The number of rotatable bonds is 12. The normalized spacial score (nSPS) is 16.2. The Bertz CT molecular complexity index is 1430. The summed E-state index contributed by atoms with van der Waals surface area (Å²) in [7, 11) is 0. The Morgan fingerprint density at radius 2 is 1.32 bits per heavy atom. The van der Waals surface area contributed by atoms with Gasteiger partial charge in [0, 0.05) is 48.4 Å². The number of hydrogen-bond acceptors (Lipinski definition) is 5. The Balaban J connectivity index is 1.34. The van der Waals surface area contributed by atoms with Crippen LogP contribution in [0.3, 0.4) is 0 Å². The van der Waals surface area contributed by atoms with Crippen molar-refractivity contribution in [2.24, 2.45) is 0 Å². The maximum atomic E-state index is 14.0. The SMILES string of the molecule is O=C(O)CCNC(=O)c1ccc(C(=O)C(CC(=O)c2ccc(N3CCCCC3)cc2)c2ccc(C3CCCCC3)cc2)cc1. The molecule has 0 spiro atoms. The lowest BCUT2D eigenvalue weighted by atomic mass is 9.81. The Hall–Kier alpha value is -4.26. The number of carboxylic acids is 1. The number of carbonyl (C=O) groups is 4. The van der Waals surface area contributed by atoms with Crippen molar-refractivity contribution in [3.05, 3.63) is 101 Å². The smallest absolute Gasteiger partial charge is 0.305 e. The van der Waals surface area contributed by atoms with Crippen LogP contribution < -0.4 is 10.2 Å². The molecule has 0 radical (unpaired) electrons. The molecular formula is C37H42N2O5. The van der Waals surface area contributed by atoms with Crippen molar-refractivity contribution in [2.75, 3.05) is 24.5 Å². The molecule has 230 valence electrons. The average Bonchev–Trinajstić information content (AvgIpc) is 3.07. The number of piperidine rings is 1. The van der Waals surface area contributed by atoms with Crippen molar-refractivity contribution < 1.29 is 24.3 Å². The van der Waals surface area contributed by atoms with Gasteiger partial charge in [-0.15, -0.1) is 0 Å². The maximum absolute atomic E-state index is 14.0. The van der Waals surface area contributed by atoms with Gasteiger partial charge >= 0.3 is 5.97 Å². The molecule has 2 fully saturated rings. The fourth-order valence-electron chi connectivity index (χ4n) is 6.48. The predicted octanol–water partition coefficient (Wildman–Crippen LogP) is 7.17. The Morgan fingerprint density at radius 3 is 1.95 bits per heavy atom. The molecule has 3 aromatic carbocycles. The highest BCUT2D eigenvalue weighted by Crippen LogP contribution is 2.34. The van der Waals surface area contributed by atoms with Crippen LogP contribution in [0.5, 0.6) is 0 Å². The van der Waals surface area contributed by atoms with Crippen LogP contribution in [0.25, 0.3) is 0 Å². The fourth-order valence-corrected chi connectivity index (χ4v) is 6.48. The van der Waals surface area contributed by atoms with Gasteiger partial charge in [0.25, 0.3) is 5.91 Å². The molecule has 1 amide bonds. The standard InChI is InChI=1S/C37H42N2O5/c40-34(29-17-19-32(20-18-29)39-23-5-2-6-24-39)25-33(28-11-9-27(10-12-28)26-7-3-1-4-8-26)36(43)30-13-15-31(16-14-30)37(44)38-22-21-35(41)42/h9-20,26,33H,1-8,21-25H2,(H,38,44)(H,41,42). The second kappa shape index (κ2) is 15.0. The van der Waals surface area contributed by atoms with Gasteiger partial charge in [-0.3, -0.25) is 19.2 Å². The number of amides is 1. The molecule has 2 aliphatic rings. The molecule has 0 bridgehead atoms. The zero-order valence-electron chi connectivity index (χ0n) is 25.3. The number of benzene rings is 3. The van der Waals surface area contributed by atoms with Crippen LogP contribution >= 0.6 is 0 Å². The van der Waals surface area contributed by atoms with Gasteiger partial charge in [-0.05, 0) is 85.5 Å². The second-order valence-electron chi connectivity index (χ2n) is 12.1.